The van der Waals surface area contributed by atoms with E-state index in [4.69, 9.17) is 4.74 Å². The van der Waals surface area contributed by atoms with Gasteiger partial charge in [0.15, 0.2) is 0 Å². The maximum Gasteiger partial charge on any atom is 0.410 e. The molecule has 2 saturated heterocycles. The molecule has 2 heterocycles. The highest BCUT2D eigenvalue weighted by atomic mass is 32.2. The van der Waals surface area contributed by atoms with Crippen LogP contribution in [0.2, 0.25) is 19.6 Å². The molecule has 8 nitrogen and oxygen atoms in total. The van der Waals surface area contributed by atoms with E-state index in [0.29, 0.717) is 26.2 Å². The Balaban J connectivity index is 1.53. The van der Waals surface area contributed by atoms with E-state index in [-0.39, 0.29) is 35.9 Å². The van der Waals surface area contributed by atoms with Gasteiger partial charge in [0.25, 0.3) is 0 Å². The molecular formula is C26H39N3O5SSi. The van der Waals surface area contributed by atoms with Crippen molar-refractivity contribution in [2.75, 3.05) is 39.3 Å². The maximum atomic E-state index is 13.1. The Labute approximate surface area is 217 Å². The van der Waals surface area contributed by atoms with Crippen molar-refractivity contribution >= 4 is 30.1 Å². The lowest BCUT2D eigenvalue weighted by atomic mass is 9.96. The van der Waals surface area contributed by atoms with E-state index in [1.165, 1.54) is 4.31 Å². The van der Waals surface area contributed by atoms with Crippen LogP contribution in [-0.4, -0.2) is 87.5 Å². The number of piperidine rings is 1. The van der Waals surface area contributed by atoms with Crippen molar-refractivity contribution < 1.29 is 22.7 Å². The van der Waals surface area contributed by atoms with Crippen LogP contribution in [0.5, 0.6) is 0 Å². The summed E-state index contributed by atoms with van der Waals surface area (Å²) in [6.45, 7) is 14.3. The Kier molecular flexibility index (Phi) is 8.58. The van der Waals surface area contributed by atoms with Crippen molar-refractivity contribution in [3.8, 4) is 11.5 Å². The Bertz CT molecular complexity index is 1120. The molecule has 0 saturated carbocycles. The van der Waals surface area contributed by atoms with E-state index < -0.39 is 23.7 Å². The summed E-state index contributed by atoms with van der Waals surface area (Å²) in [5.74, 6) is 3.22. The summed E-state index contributed by atoms with van der Waals surface area (Å²) in [6, 6.07) is 6.58. The summed E-state index contributed by atoms with van der Waals surface area (Å²) in [7, 11) is -5.27. The molecule has 198 valence electrons. The lowest BCUT2D eigenvalue weighted by Gasteiger charge is -2.38. The number of likely N-dealkylation sites (tertiary alicyclic amines) is 1. The van der Waals surface area contributed by atoms with Crippen LogP contribution in [0.15, 0.2) is 29.2 Å². The van der Waals surface area contributed by atoms with Crippen LogP contribution >= 0.6 is 0 Å². The zero-order valence-electron chi connectivity index (χ0n) is 22.3. The van der Waals surface area contributed by atoms with E-state index in [1.807, 2.05) is 20.8 Å². The van der Waals surface area contributed by atoms with Gasteiger partial charge in [-0.3, -0.25) is 4.79 Å². The summed E-state index contributed by atoms with van der Waals surface area (Å²) in [4.78, 5) is 28.8. The standard InChI is InChI=1S/C26H39N3O5SSi/c1-26(2,3)34-25(31)27-14-11-22(12-15-27)19-28-16-17-29(20-24(28)30)35(32,33)23-9-7-21(8-10-23)13-18-36(4,5)6/h7-10,22H,11-12,14-17,19-20H2,1-6H3. The molecule has 10 heteroatoms. The zero-order chi connectivity index (χ0) is 26.7. The minimum atomic E-state index is -3.76. The van der Waals surface area contributed by atoms with Gasteiger partial charge in [-0.25, -0.2) is 13.2 Å². The smallest absolute Gasteiger partial charge is 0.410 e. The molecule has 0 aliphatic carbocycles. The molecule has 0 aromatic heterocycles. The van der Waals surface area contributed by atoms with Crippen molar-refractivity contribution in [3.63, 3.8) is 0 Å². The van der Waals surface area contributed by atoms with Gasteiger partial charge in [-0.1, -0.05) is 25.6 Å². The first-order valence-electron chi connectivity index (χ1n) is 12.5. The second-order valence-electron chi connectivity index (χ2n) is 11.6. The van der Waals surface area contributed by atoms with Crippen LogP contribution in [0.25, 0.3) is 0 Å². The quantitative estimate of drug-likeness (QED) is 0.437. The number of benzene rings is 1. The third-order valence-corrected chi connectivity index (χ3v) is 8.84. The van der Waals surface area contributed by atoms with Crippen LogP contribution in [0, 0.1) is 17.4 Å². The summed E-state index contributed by atoms with van der Waals surface area (Å²) >= 11 is 0. The molecule has 2 aliphatic heterocycles. The Morgan fingerprint density at radius 3 is 2.19 bits per heavy atom. The Hall–Kier alpha value is -2.35. The molecule has 0 atom stereocenters. The molecule has 0 spiro atoms. The van der Waals surface area contributed by atoms with Crippen molar-refractivity contribution in [1.82, 2.24) is 14.1 Å². The van der Waals surface area contributed by atoms with Crippen LogP contribution in [-0.2, 0) is 19.6 Å². The fraction of sp³-hybridized carbons (Fsp3) is 0.615. The average Bonchev–Trinajstić information content (AvgIpc) is 2.78. The lowest BCUT2D eigenvalue weighted by molar-refractivity contribution is -0.135. The fourth-order valence-corrected chi connectivity index (χ4v) is 6.04. The molecule has 1 aromatic rings. The van der Waals surface area contributed by atoms with E-state index in [1.54, 1.807) is 34.1 Å². The van der Waals surface area contributed by atoms with Gasteiger partial charge >= 0.3 is 6.09 Å². The largest absolute Gasteiger partial charge is 0.444 e. The molecule has 0 bridgehead atoms. The molecule has 1 aromatic carbocycles. The molecule has 2 aliphatic rings. The first kappa shape index (κ1) is 28.2. The highest BCUT2D eigenvalue weighted by Crippen LogP contribution is 2.23. The predicted octanol–water partition coefficient (Wildman–Crippen LogP) is 3.40. The van der Waals surface area contributed by atoms with Gasteiger partial charge in [0, 0.05) is 38.3 Å². The van der Waals surface area contributed by atoms with Crippen LogP contribution in [0.4, 0.5) is 4.79 Å². The summed E-state index contributed by atoms with van der Waals surface area (Å²) in [5.41, 5.74) is 3.54. The third-order valence-electron chi connectivity index (χ3n) is 6.10. The lowest BCUT2D eigenvalue weighted by Crippen LogP contribution is -2.53. The van der Waals surface area contributed by atoms with Gasteiger partial charge in [0.2, 0.25) is 15.9 Å². The summed E-state index contributed by atoms with van der Waals surface area (Å²) < 4.78 is 33.0. The highest BCUT2D eigenvalue weighted by Gasteiger charge is 2.35. The number of carbonyl (C=O) groups excluding carboxylic acids is 2. The summed E-state index contributed by atoms with van der Waals surface area (Å²) in [6.07, 6.45) is 1.28. The number of sulfonamides is 1. The van der Waals surface area contributed by atoms with Gasteiger partial charge in [0.05, 0.1) is 11.4 Å². The summed E-state index contributed by atoms with van der Waals surface area (Å²) in [5, 5.41) is 0. The number of piperazine rings is 1. The SMILES string of the molecule is CC(C)(C)OC(=O)N1CCC(CN2CCN(S(=O)(=O)c3ccc(C#C[Si](C)(C)C)cc3)CC2=O)CC1. The van der Waals surface area contributed by atoms with Crippen LogP contribution in [0.3, 0.4) is 0 Å². The molecule has 2 fully saturated rings. The number of ether oxygens (including phenoxy) is 1. The number of carbonyl (C=O) groups is 2. The maximum absolute atomic E-state index is 13.1. The average molecular weight is 534 g/mol. The van der Waals surface area contributed by atoms with Crippen LogP contribution in [0.1, 0.15) is 39.2 Å². The first-order chi connectivity index (χ1) is 16.6. The normalized spacial score (nSPS) is 18.6. The van der Waals surface area contributed by atoms with Gasteiger partial charge in [-0.15, -0.1) is 5.54 Å². The number of rotatable bonds is 4. The highest BCUT2D eigenvalue weighted by molar-refractivity contribution is 7.89. The first-order valence-corrected chi connectivity index (χ1v) is 17.5. The fourth-order valence-electron chi connectivity index (χ4n) is 4.14. The van der Waals surface area contributed by atoms with E-state index in [2.05, 4.69) is 31.1 Å². The topological polar surface area (TPSA) is 87.2 Å². The molecule has 0 N–H and O–H groups in total. The molecule has 36 heavy (non-hydrogen) atoms. The van der Waals surface area contributed by atoms with E-state index >= 15 is 0 Å². The molecule has 3 rings (SSSR count). The van der Waals surface area contributed by atoms with Gasteiger partial charge in [0.1, 0.15) is 13.7 Å². The molecular weight excluding hydrogens is 494 g/mol. The van der Waals surface area contributed by atoms with Gasteiger partial charge < -0.3 is 14.5 Å². The molecule has 2 amide bonds. The van der Waals surface area contributed by atoms with Gasteiger partial charge in [-0.05, 0) is 63.8 Å². The van der Waals surface area contributed by atoms with Gasteiger partial charge in [-0.2, -0.15) is 4.31 Å². The molecule has 0 radical (unpaired) electrons. The second kappa shape index (κ2) is 10.9. The van der Waals surface area contributed by atoms with Crippen molar-refractivity contribution in [2.24, 2.45) is 5.92 Å². The predicted molar refractivity (Wildman–Crippen MR) is 143 cm³/mol. The number of nitrogens with zero attached hydrogens (tertiary/aromatic N) is 3. The minimum absolute atomic E-state index is 0.156. The van der Waals surface area contributed by atoms with Crippen molar-refractivity contribution in [2.45, 2.75) is 63.8 Å². The molecule has 0 unspecified atom stereocenters. The van der Waals surface area contributed by atoms with Crippen LogP contribution < -0.4 is 0 Å². The number of hydrogen-bond donors (Lipinski definition) is 0. The monoisotopic (exact) mass is 533 g/mol. The van der Waals surface area contributed by atoms with E-state index in [0.717, 1.165) is 18.4 Å². The Morgan fingerprint density at radius 2 is 1.67 bits per heavy atom. The second-order valence-corrected chi connectivity index (χ2v) is 18.3. The Morgan fingerprint density at radius 1 is 1.06 bits per heavy atom. The minimum Gasteiger partial charge on any atom is -0.444 e. The number of hydrogen-bond acceptors (Lipinski definition) is 5. The third kappa shape index (κ3) is 7.82. The zero-order valence-corrected chi connectivity index (χ0v) is 24.2. The number of amides is 2. The van der Waals surface area contributed by atoms with Crippen molar-refractivity contribution in [1.29, 1.82) is 0 Å². The van der Waals surface area contributed by atoms with E-state index in [9.17, 15) is 18.0 Å². The van der Waals surface area contributed by atoms with Crippen molar-refractivity contribution in [3.05, 3.63) is 29.8 Å².